The average Bonchev–Trinajstić information content (AvgIpc) is 2.51. The van der Waals surface area contributed by atoms with Gasteiger partial charge < -0.3 is 17.2 Å². The first-order valence-electron chi connectivity index (χ1n) is 7.34. The highest BCUT2D eigenvalue weighted by Crippen LogP contribution is 2.33. The fraction of sp³-hybridized carbons (Fsp3) is 0.438. The topological polar surface area (TPSA) is 91.0 Å². The number of aromatic nitrogens is 1. The lowest BCUT2D eigenvalue weighted by Gasteiger charge is -2.27. The Morgan fingerprint density at radius 2 is 1.85 bits per heavy atom. The maximum absolute atomic E-state index is 6.41. The zero-order valence-corrected chi connectivity index (χ0v) is 11.7. The number of para-hydroxylation sites is 1. The summed E-state index contributed by atoms with van der Waals surface area (Å²) in [5.41, 5.74) is 22.9. The van der Waals surface area contributed by atoms with Crippen molar-refractivity contribution in [2.24, 2.45) is 17.2 Å². The summed E-state index contributed by atoms with van der Waals surface area (Å²) in [7, 11) is 0. The summed E-state index contributed by atoms with van der Waals surface area (Å²) in [6.45, 7) is 0.395. The van der Waals surface area contributed by atoms with Crippen molar-refractivity contribution in [1.29, 1.82) is 0 Å². The number of hydrogen-bond donors (Lipinski definition) is 3. The van der Waals surface area contributed by atoms with E-state index in [2.05, 4.69) is 12.1 Å². The SMILES string of the molecule is NCC(N)C(N)c1c2c(nc3ccccc13)CCCC2. The summed E-state index contributed by atoms with van der Waals surface area (Å²) < 4.78 is 0. The van der Waals surface area contributed by atoms with Gasteiger partial charge in [-0.05, 0) is 42.9 Å². The van der Waals surface area contributed by atoms with E-state index in [0.29, 0.717) is 6.54 Å². The molecule has 4 nitrogen and oxygen atoms in total. The number of rotatable bonds is 3. The van der Waals surface area contributed by atoms with Crippen LogP contribution in [0.1, 0.15) is 35.7 Å². The summed E-state index contributed by atoms with van der Waals surface area (Å²) >= 11 is 0. The molecule has 2 atom stereocenters. The Bertz CT molecular complexity index is 623. The zero-order chi connectivity index (χ0) is 14.1. The minimum Gasteiger partial charge on any atom is -0.329 e. The van der Waals surface area contributed by atoms with Crippen molar-refractivity contribution in [3.63, 3.8) is 0 Å². The van der Waals surface area contributed by atoms with Crippen LogP contribution in [0.15, 0.2) is 24.3 Å². The Hall–Kier alpha value is -1.49. The molecule has 6 N–H and O–H groups in total. The quantitative estimate of drug-likeness (QED) is 0.786. The first-order chi connectivity index (χ1) is 9.72. The van der Waals surface area contributed by atoms with Gasteiger partial charge in [-0.2, -0.15) is 0 Å². The van der Waals surface area contributed by atoms with Crippen LogP contribution < -0.4 is 17.2 Å². The summed E-state index contributed by atoms with van der Waals surface area (Å²) in [5, 5.41) is 1.13. The second-order valence-electron chi connectivity index (χ2n) is 5.60. The van der Waals surface area contributed by atoms with Gasteiger partial charge in [0.1, 0.15) is 0 Å². The standard InChI is InChI=1S/C16H22N4/c17-9-12(18)16(19)15-10-5-1-3-7-13(10)20-14-8-4-2-6-11(14)15/h1,3,5,7,12,16H,2,4,6,8-9,17-19H2. The molecule has 20 heavy (non-hydrogen) atoms. The first-order valence-corrected chi connectivity index (χ1v) is 7.34. The Kier molecular flexibility index (Phi) is 3.70. The van der Waals surface area contributed by atoms with Crippen LogP contribution in [0.5, 0.6) is 0 Å². The van der Waals surface area contributed by atoms with Gasteiger partial charge in [0.2, 0.25) is 0 Å². The number of hydrogen-bond acceptors (Lipinski definition) is 4. The van der Waals surface area contributed by atoms with Crippen LogP contribution in [0.4, 0.5) is 0 Å². The highest BCUT2D eigenvalue weighted by molar-refractivity contribution is 5.84. The molecule has 1 aliphatic rings. The molecule has 2 unspecified atom stereocenters. The van der Waals surface area contributed by atoms with Crippen LogP contribution in [-0.4, -0.2) is 17.6 Å². The predicted octanol–water partition coefficient (Wildman–Crippen LogP) is 1.40. The van der Waals surface area contributed by atoms with Gasteiger partial charge in [-0.3, -0.25) is 4.98 Å². The van der Waals surface area contributed by atoms with Gasteiger partial charge in [0.15, 0.2) is 0 Å². The maximum atomic E-state index is 6.41. The summed E-state index contributed by atoms with van der Waals surface area (Å²) in [6.07, 6.45) is 4.49. The molecule has 1 aliphatic carbocycles. The number of aryl methyl sites for hydroxylation is 1. The second kappa shape index (κ2) is 5.48. The molecule has 4 heteroatoms. The van der Waals surface area contributed by atoms with Crippen LogP contribution >= 0.6 is 0 Å². The molecule has 0 radical (unpaired) electrons. The number of nitrogens with two attached hydrogens (primary N) is 3. The van der Waals surface area contributed by atoms with Crippen molar-refractivity contribution < 1.29 is 0 Å². The van der Waals surface area contributed by atoms with Crippen LogP contribution in [0.25, 0.3) is 10.9 Å². The molecule has 106 valence electrons. The number of nitrogens with zero attached hydrogens (tertiary/aromatic N) is 1. The lowest BCUT2D eigenvalue weighted by Crippen LogP contribution is -2.41. The van der Waals surface area contributed by atoms with E-state index in [1.54, 1.807) is 0 Å². The van der Waals surface area contributed by atoms with E-state index in [9.17, 15) is 0 Å². The molecule has 1 aromatic heterocycles. The van der Waals surface area contributed by atoms with Crippen molar-refractivity contribution in [1.82, 2.24) is 4.98 Å². The van der Waals surface area contributed by atoms with E-state index in [0.717, 1.165) is 23.7 Å². The van der Waals surface area contributed by atoms with E-state index < -0.39 is 0 Å². The van der Waals surface area contributed by atoms with Crippen molar-refractivity contribution in [2.75, 3.05) is 6.54 Å². The highest BCUT2D eigenvalue weighted by Gasteiger charge is 2.24. The van der Waals surface area contributed by atoms with Crippen LogP contribution in [0.2, 0.25) is 0 Å². The fourth-order valence-corrected chi connectivity index (χ4v) is 3.15. The molecule has 1 aromatic carbocycles. The van der Waals surface area contributed by atoms with Gasteiger partial charge >= 0.3 is 0 Å². The first kappa shape index (κ1) is 13.5. The van der Waals surface area contributed by atoms with Gasteiger partial charge in [0.25, 0.3) is 0 Å². The molecule has 1 heterocycles. The molecule has 0 saturated carbocycles. The smallest absolute Gasteiger partial charge is 0.0708 e. The molecule has 0 fully saturated rings. The molecule has 3 rings (SSSR count). The van der Waals surface area contributed by atoms with Crippen molar-refractivity contribution in [3.05, 3.63) is 41.1 Å². The lowest BCUT2D eigenvalue weighted by atomic mass is 9.85. The van der Waals surface area contributed by atoms with Gasteiger partial charge in [-0.25, -0.2) is 0 Å². The van der Waals surface area contributed by atoms with Crippen LogP contribution in [0, 0.1) is 0 Å². The number of pyridine rings is 1. The highest BCUT2D eigenvalue weighted by atomic mass is 14.8. The molecular weight excluding hydrogens is 248 g/mol. The second-order valence-corrected chi connectivity index (χ2v) is 5.60. The summed E-state index contributed by atoms with van der Waals surface area (Å²) in [6, 6.07) is 7.75. The Labute approximate surface area is 119 Å². The number of benzene rings is 1. The Morgan fingerprint density at radius 1 is 1.10 bits per heavy atom. The largest absolute Gasteiger partial charge is 0.329 e. The third-order valence-corrected chi connectivity index (χ3v) is 4.28. The minimum atomic E-state index is -0.222. The van der Waals surface area contributed by atoms with E-state index in [4.69, 9.17) is 22.2 Å². The van der Waals surface area contributed by atoms with Gasteiger partial charge in [0, 0.05) is 29.7 Å². The van der Waals surface area contributed by atoms with Crippen molar-refractivity contribution in [3.8, 4) is 0 Å². The van der Waals surface area contributed by atoms with E-state index >= 15 is 0 Å². The van der Waals surface area contributed by atoms with Gasteiger partial charge in [0.05, 0.1) is 5.52 Å². The minimum absolute atomic E-state index is 0.216. The normalized spacial score (nSPS) is 17.8. The van der Waals surface area contributed by atoms with Crippen LogP contribution in [-0.2, 0) is 12.8 Å². The Balaban J connectivity index is 2.25. The third kappa shape index (κ3) is 2.20. The van der Waals surface area contributed by atoms with Gasteiger partial charge in [-0.1, -0.05) is 18.2 Å². The van der Waals surface area contributed by atoms with E-state index in [1.807, 2.05) is 12.1 Å². The molecule has 0 amide bonds. The summed E-state index contributed by atoms with van der Waals surface area (Å²) in [5.74, 6) is 0. The number of fused-ring (bicyclic) bond motifs is 2. The molecular formula is C16H22N4. The molecule has 0 saturated heterocycles. The average molecular weight is 270 g/mol. The lowest BCUT2D eigenvalue weighted by molar-refractivity contribution is 0.547. The third-order valence-electron chi connectivity index (χ3n) is 4.28. The van der Waals surface area contributed by atoms with Crippen LogP contribution in [0.3, 0.4) is 0 Å². The van der Waals surface area contributed by atoms with E-state index in [1.165, 1.54) is 29.7 Å². The molecule has 0 spiro atoms. The molecule has 0 aliphatic heterocycles. The van der Waals surface area contributed by atoms with E-state index in [-0.39, 0.29) is 12.1 Å². The molecule has 2 aromatic rings. The monoisotopic (exact) mass is 270 g/mol. The molecule has 0 bridgehead atoms. The summed E-state index contributed by atoms with van der Waals surface area (Å²) in [4.78, 5) is 4.82. The van der Waals surface area contributed by atoms with Crippen molar-refractivity contribution >= 4 is 10.9 Å². The van der Waals surface area contributed by atoms with Gasteiger partial charge in [-0.15, -0.1) is 0 Å². The fourth-order valence-electron chi connectivity index (χ4n) is 3.15. The predicted molar refractivity (Wildman–Crippen MR) is 82.3 cm³/mol. The maximum Gasteiger partial charge on any atom is 0.0708 e. The zero-order valence-electron chi connectivity index (χ0n) is 11.7. The Morgan fingerprint density at radius 3 is 2.65 bits per heavy atom. The van der Waals surface area contributed by atoms with Crippen molar-refractivity contribution in [2.45, 2.75) is 37.8 Å².